The number of amides is 1. The maximum Gasteiger partial charge on any atom is 0.387 e. The van der Waals surface area contributed by atoms with Gasteiger partial charge in [-0.1, -0.05) is 19.6 Å². The number of nitrogens with zero attached hydrogens (tertiary/aromatic N) is 5. The number of hydrogen-bond donors (Lipinski definition) is 3. The van der Waals surface area contributed by atoms with Crippen LogP contribution in [0, 0.1) is 0 Å². The number of carbonyl (C=O) groups is 1. The summed E-state index contributed by atoms with van der Waals surface area (Å²) in [6.45, 7) is 4.96. The normalized spacial score (nSPS) is 19.4. The molecule has 210 valence electrons. The number of likely N-dealkylation sites (N-methyl/N-ethyl adjacent to an activating group) is 2. The highest BCUT2D eigenvalue weighted by molar-refractivity contribution is 5.88. The van der Waals surface area contributed by atoms with Crippen LogP contribution in [0.4, 0.5) is 8.78 Å². The molecule has 12 heteroatoms. The standard InChI is InChI=1S/C27H36F2N8O2/c1-6-26(38)31-21-15-22(25(39-27(28)29)16-24(21)35(4)13-12-34(3)7-2)33-37-11-10-20(32-37)18-8-9-23-19(14-18)17-30-36(23)5/h6,8-9,11,14-15,17,20,24,27,32-33H,1,7,10,12-13,16H2,2-5H3/p+1. The molecule has 1 aromatic heterocycles. The smallest absolute Gasteiger partial charge is 0.387 e. The summed E-state index contributed by atoms with van der Waals surface area (Å²) >= 11 is 0. The first-order chi connectivity index (χ1) is 18.7. The van der Waals surface area contributed by atoms with Gasteiger partial charge in [0.15, 0.2) is 0 Å². The van der Waals surface area contributed by atoms with Crippen molar-refractivity contribution < 1.29 is 23.1 Å². The average Bonchev–Trinajstić information content (AvgIpc) is 3.54. The number of hydrogen-bond acceptors (Lipinski definition) is 7. The number of allylic oxidation sites excluding steroid dienone is 1. The lowest BCUT2D eigenvalue weighted by molar-refractivity contribution is -0.629. The zero-order valence-corrected chi connectivity index (χ0v) is 22.8. The number of carbonyl (C=O) groups excluding carboxylic acids is 1. The Morgan fingerprint density at radius 1 is 1.38 bits per heavy atom. The van der Waals surface area contributed by atoms with Crippen LogP contribution in [0.3, 0.4) is 0 Å². The number of hydrazine groups is 2. The van der Waals surface area contributed by atoms with Crippen LogP contribution < -0.4 is 16.2 Å². The fraction of sp³-hybridized carbons (Fsp3) is 0.444. The minimum absolute atomic E-state index is 0.0240. The summed E-state index contributed by atoms with van der Waals surface area (Å²) in [6.07, 6.45) is 7.39. The predicted octanol–water partition coefficient (Wildman–Crippen LogP) is 2.40. The number of aryl methyl sites for hydroxylation is 1. The molecule has 0 saturated heterocycles. The van der Waals surface area contributed by atoms with Gasteiger partial charge in [0, 0.05) is 37.6 Å². The molecule has 0 bridgehead atoms. The van der Waals surface area contributed by atoms with E-state index in [9.17, 15) is 13.6 Å². The van der Waals surface area contributed by atoms with Crippen LogP contribution in [0.25, 0.3) is 10.9 Å². The van der Waals surface area contributed by atoms with Gasteiger partial charge in [-0.2, -0.15) is 19.3 Å². The van der Waals surface area contributed by atoms with Crippen molar-refractivity contribution >= 4 is 23.0 Å². The van der Waals surface area contributed by atoms with Crippen LogP contribution in [0.5, 0.6) is 0 Å². The van der Waals surface area contributed by atoms with E-state index in [2.05, 4.69) is 45.7 Å². The molecule has 1 aliphatic heterocycles. The van der Waals surface area contributed by atoms with Gasteiger partial charge in [0.05, 0.1) is 24.2 Å². The SMILES string of the molecule is C=CC(=O)NC1=CC(N[N+]2=CCC(c3ccc4c(cnn4C)c3)N2)=C(OC(F)F)CC1N(C)CCN(C)CC. The Hall–Kier alpha value is -3.77. The molecule has 2 heterocycles. The number of benzene rings is 1. The lowest BCUT2D eigenvalue weighted by atomic mass is 9.99. The van der Waals surface area contributed by atoms with Crippen LogP contribution in [0.15, 0.2) is 60.3 Å². The third-order valence-electron chi connectivity index (χ3n) is 7.16. The zero-order chi connectivity index (χ0) is 28.1. The van der Waals surface area contributed by atoms with Crippen molar-refractivity contribution in [3.63, 3.8) is 0 Å². The van der Waals surface area contributed by atoms with Gasteiger partial charge in [-0.05, 0) is 55.3 Å². The van der Waals surface area contributed by atoms with Crippen molar-refractivity contribution in [1.82, 2.24) is 35.7 Å². The molecule has 2 aromatic rings. The van der Waals surface area contributed by atoms with Crippen LogP contribution in [0.1, 0.15) is 31.4 Å². The molecule has 2 atom stereocenters. The molecule has 0 spiro atoms. The minimum Gasteiger partial charge on any atom is -0.437 e. The number of nitrogens with one attached hydrogen (secondary N) is 3. The van der Waals surface area contributed by atoms with Gasteiger partial charge in [-0.25, -0.2) is 0 Å². The Balaban J connectivity index is 1.54. The molecule has 1 aliphatic carbocycles. The molecule has 39 heavy (non-hydrogen) atoms. The van der Waals surface area contributed by atoms with Crippen molar-refractivity contribution in [1.29, 1.82) is 0 Å². The number of rotatable bonds is 12. The minimum atomic E-state index is -2.99. The molecule has 0 saturated carbocycles. The molecule has 0 radical (unpaired) electrons. The Kier molecular flexibility index (Phi) is 8.97. The highest BCUT2D eigenvalue weighted by Crippen LogP contribution is 2.29. The van der Waals surface area contributed by atoms with E-state index in [4.69, 9.17) is 4.74 Å². The molecule has 4 rings (SSSR count). The maximum absolute atomic E-state index is 13.5. The lowest BCUT2D eigenvalue weighted by Gasteiger charge is -2.34. The van der Waals surface area contributed by atoms with Crippen molar-refractivity contribution in [3.8, 4) is 0 Å². The van der Waals surface area contributed by atoms with E-state index in [-0.39, 0.29) is 30.2 Å². The van der Waals surface area contributed by atoms with Crippen LogP contribution >= 0.6 is 0 Å². The first kappa shape index (κ1) is 28.2. The topological polar surface area (TPSA) is 89.7 Å². The predicted molar refractivity (Wildman–Crippen MR) is 145 cm³/mol. The monoisotopic (exact) mass is 543 g/mol. The van der Waals surface area contributed by atoms with Crippen molar-refractivity contribution in [2.45, 2.75) is 38.5 Å². The molecule has 10 nitrogen and oxygen atoms in total. The van der Waals surface area contributed by atoms with E-state index in [0.29, 0.717) is 24.4 Å². The highest BCUT2D eigenvalue weighted by Gasteiger charge is 2.33. The number of alkyl halides is 2. The van der Waals surface area contributed by atoms with Gasteiger partial charge in [0.2, 0.25) is 12.1 Å². The summed E-state index contributed by atoms with van der Waals surface area (Å²) < 4.78 is 33.7. The van der Waals surface area contributed by atoms with Crippen LogP contribution in [0.2, 0.25) is 0 Å². The average molecular weight is 544 g/mol. The van der Waals surface area contributed by atoms with Gasteiger partial charge in [-0.3, -0.25) is 14.4 Å². The Labute approximate surface area is 227 Å². The van der Waals surface area contributed by atoms with Crippen LogP contribution in [-0.2, 0) is 16.6 Å². The zero-order valence-electron chi connectivity index (χ0n) is 22.8. The summed E-state index contributed by atoms with van der Waals surface area (Å²) in [5.41, 5.74) is 9.52. The van der Waals surface area contributed by atoms with Gasteiger partial charge in [0.1, 0.15) is 17.5 Å². The van der Waals surface area contributed by atoms with E-state index >= 15 is 0 Å². The quantitative estimate of drug-likeness (QED) is 0.280. The van der Waals surface area contributed by atoms with E-state index in [1.54, 1.807) is 10.9 Å². The van der Waals surface area contributed by atoms with Crippen molar-refractivity contribution in [2.75, 3.05) is 33.7 Å². The number of hydrazone groups is 2. The Morgan fingerprint density at radius 3 is 2.90 bits per heavy atom. The van der Waals surface area contributed by atoms with Crippen molar-refractivity contribution in [2.24, 2.45) is 7.05 Å². The van der Waals surface area contributed by atoms with E-state index in [0.717, 1.165) is 29.6 Å². The summed E-state index contributed by atoms with van der Waals surface area (Å²) in [7, 11) is 5.82. The highest BCUT2D eigenvalue weighted by atomic mass is 19.3. The molecular weight excluding hydrogens is 506 g/mol. The summed E-state index contributed by atoms with van der Waals surface area (Å²) in [5.74, 6) is -0.266. The summed E-state index contributed by atoms with van der Waals surface area (Å²) in [6, 6.07) is 5.77. The largest absolute Gasteiger partial charge is 0.437 e. The summed E-state index contributed by atoms with van der Waals surface area (Å²) in [4.78, 5) is 18.1. The molecule has 0 fully saturated rings. The van der Waals surface area contributed by atoms with E-state index in [1.807, 2.05) is 55.3 Å². The second-order valence-electron chi connectivity index (χ2n) is 9.77. The molecule has 2 aliphatic rings. The summed E-state index contributed by atoms with van der Waals surface area (Å²) in [5, 5.41) is 8.20. The first-order valence-electron chi connectivity index (χ1n) is 13.0. The molecule has 1 amide bonds. The van der Waals surface area contributed by atoms with Gasteiger partial charge >= 0.3 is 6.61 Å². The van der Waals surface area contributed by atoms with Crippen LogP contribution in [-0.4, -0.2) is 82.9 Å². The molecule has 2 unspecified atom stereocenters. The Morgan fingerprint density at radius 2 is 2.18 bits per heavy atom. The third-order valence-corrected chi connectivity index (χ3v) is 7.16. The number of fused-ring (bicyclic) bond motifs is 1. The van der Waals surface area contributed by atoms with E-state index < -0.39 is 6.61 Å². The maximum atomic E-state index is 13.5. The fourth-order valence-electron chi connectivity index (χ4n) is 4.69. The second-order valence-corrected chi connectivity index (χ2v) is 9.77. The lowest BCUT2D eigenvalue weighted by Crippen LogP contribution is -2.46. The van der Waals surface area contributed by atoms with E-state index in [1.165, 1.54) is 6.08 Å². The number of halogens is 2. The fourth-order valence-corrected chi connectivity index (χ4v) is 4.69. The number of ether oxygens (including phenoxy) is 1. The van der Waals surface area contributed by atoms with Gasteiger partial charge in [-0.15, -0.1) is 5.43 Å². The first-order valence-corrected chi connectivity index (χ1v) is 13.0. The molecule has 3 N–H and O–H groups in total. The third kappa shape index (κ3) is 6.82. The van der Waals surface area contributed by atoms with Crippen molar-refractivity contribution in [3.05, 3.63) is 65.8 Å². The van der Waals surface area contributed by atoms with Gasteiger partial charge in [0.25, 0.3) is 0 Å². The number of aromatic nitrogens is 2. The van der Waals surface area contributed by atoms with Gasteiger partial charge < -0.3 is 15.0 Å². The Bertz CT molecular complexity index is 1300. The molecule has 1 aromatic carbocycles. The second kappa shape index (κ2) is 12.4. The molecular formula is C27H37F2N8O2+.